The standard InChI is InChI=1S/C21H27N5O5/c1-12(22)19(29)25-16(9-13-10-23-15-6-3-2-5-14(13)15)21(31)26-8-4-7-17(26)20(30)24-11-18(27)28/h2-3,5-6,10,12,16-17,23H,4,7-9,11,22H2,1H3,(H,24,30)(H,25,29)(H,27,28). The van der Waals surface area contributed by atoms with Crippen molar-refractivity contribution in [1.29, 1.82) is 0 Å². The van der Waals surface area contributed by atoms with Crippen LogP contribution in [0.5, 0.6) is 0 Å². The van der Waals surface area contributed by atoms with Gasteiger partial charge >= 0.3 is 5.97 Å². The third kappa shape index (κ3) is 5.21. The summed E-state index contributed by atoms with van der Waals surface area (Å²) in [5, 5.41) is 14.8. The van der Waals surface area contributed by atoms with Gasteiger partial charge in [0.15, 0.2) is 0 Å². The lowest BCUT2D eigenvalue weighted by Crippen LogP contribution is -2.56. The number of hydrogen-bond acceptors (Lipinski definition) is 5. The Morgan fingerprint density at radius 1 is 1.29 bits per heavy atom. The predicted molar refractivity (Wildman–Crippen MR) is 113 cm³/mol. The number of hydrogen-bond donors (Lipinski definition) is 5. The summed E-state index contributed by atoms with van der Waals surface area (Å²) in [6, 6.07) is 5.14. The summed E-state index contributed by atoms with van der Waals surface area (Å²) in [6.45, 7) is 1.36. The number of carboxylic acids is 1. The Bertz CT molecular complexity index is 985. The molecule has 10 heteroatoms. The minimum absolute atomic E-state index is 0.223. The molecule has 0 saturated carbocycles. The van der Waals surface area contributed by atoms with E-state index in [0.717, 1.165) is 16.5 Å². The lowest BCUT2D eigenvalue weighted by Gasteiger charge is -2.29. The van der Waals surface area contributed by atoms with Gasteiger partial charge in [0.25, 0.3) is 0 Å². The fourth-order valence-electron chi connectivity index (χ4n) is 3.81. The number of aromatic nitrogens is 1. The van der Waals surface area contributed by atoms with E-state index < -0.39 is 48.4 Å². The summed E-state index contributed by atoms with van der Waals surface area (Å²) in [7, 11) is 0. The Labute approximate surface area is 179 Å². The van der Waals surface area contributed by atoms with E-state index in [1.165, 1.54) is 11.8 Å². The van der Waals surface area contributed by atoms with Crippen LogP contribution in [0.15, 0.2) is 30.5 Å². The molecule has 1 aromatic carbocycles. The smallest absolute Gasteiger partial charge is 0.322 e. The summed E-state index contributed by atoms with van der Waals surface area (Å²) in [6.07, 6.45) is 3.06. The maximum atomic E-state index is 13.4. The van der Waals surface area contributed by atoms with Gasteiger partial charge in [0.05, 0.1) is 6.04 Å². The molecule has 2 aromatic rings. The monoisotopic (exact) mass is 429 g/mol. The molecule has 6 N–H and O–H groups in total. The second kappa shape index (κ2) is 9.61. The first-order valence-electron chi connectivity index (χ1n) is 10.2. The molecule has 2 heterocycles. The molecule has 3 rings (SSSR count). The number of fused-ring (bicyclic) bond motifs is 1. The van der Waals surface area contributed by atoms with Crippen molar-refractivity contribution in [3.05, 3.63) is 36.0 Å². The predicted octanol–water partition coefficient (Wildman–Crippen LogP) is -0.266. The van der Waals surface area contributed by atoms with Crippen LogP contribution >= 0.6 is 0 Å². The maximum Gasteiger partial charge on any atom is 0.322 e. The molecule has 166 valence electrons. The summed E-state index contributed by atoms with van der Waals surface area (Å²) < 4.78 is 0. The number of benzene rings is 1. The molecule has 0 bridgehead atoms. The number of nitrogens with two attached hydrogens (primary N) is 1. The Morgan fingerprint density at radius 2 is 2.03 bits per heavy atom. The van der Waals surface area contributed by atoms with Crippen molar-refractivity contribution in [3.63, 3.8) is 0 Å². The van der Waals surface area contributed by atoms with Crippen molar-refractivity contribution in [1.82, 2.24) is 20.5 Å². The van der Waals surface area contributed by atoms with E-state index in [1.54, 1.807) is 6.20 Å². The minimum Gasteiger partial charge on any atom is -0.480 e. The number of carbonyl (C=O) groups is 4. The molecular weight excluding hydrogens is 402 g/mol. The van der Waals surface area contributed by atoms with Gasteiger partial charge in [-0.15, -0.1) is 0 Å². The zero-order valence-corrected chi connectivity index (χ0v) is 17.3. The molecule has 1 fully saturated rings. The van der Waals surface area contributed by atoms with Crippen LogP contribution < -0.4 is 16.4 Å². The number of H-pyrrole nitrogens is 1. The first kappa shape index (κ1) is 22.3. The van der Waals surface area contributed by atoms with Crippen LogP contribution in [-0.4, -0.2) is 69.9 Å². The van der Waals surface area contributed by atoms with Crippen LogP contribution in [0.3, 0.4) is 0 Å². The van der Waals surface area contributed by atoms with E-state index >= 15 is 0 Å². The van der Waals surface area contributed by atoms with E-state index in [9.17, 15) is 19.2 Å². The Kier molecular flexibility index (Phi) is 6.91. The van der Waals surface area contributed by atoms with E-state index in [0.29, 0.717) is 19.4 Å². The van der Waals surface area contributed by atoms with Crippen molar-refractivity contribution >= 4 is 34.6 Å². The first-order valence-corrected chi connectivity index (χ1v) is 10.2. The van der Waals surface area contributed by atoms with Gasteiger partial charge in [-0.05, 0) is 31.4 Å². The van der Waals surface area contributed by atoms with Crippen molar-refractivity contribution in [2.45, 2.75) is 44.3 Å². The number of amides is 3. The molecule has 0 radical (unpaired) electrons. The lowest BCUT2D eigenvalue weighted by atomic mass is 10.0. The summed E-state index contributed by atoms with van der Waals surface area (Å²) >= 11 is 0. The van der Waals surface area contributed by atoms with Crippen LogP contribution in [0.25, 0.3) is 10.9 Å². The van der Waals surface area contributed by atoms with Crippen molar-refractivity contribution in [2.24, 2.45) is 5.73 Å². The van der Waals surface area contributed by atoms with Crippen LogP contribution in [0, 0.1) is 0 Å². The van der Waals surface area contributed by atoms with Crippen LogP contribution in [0.4, 0.5) is 0 Å². The average molecular weight is 429 g/mol. The van der Waals surface area contributed by atoms with Gasteiger partial charge in [0.1, 0.15) is 18.6 Å². The number of para-hydroxylation sites is 1. The normalized spacial score (nSPS) is 17.9. The Morgan fingerprint density at radius 3 is 2.74 bits per heavy atom. The fraction of sp³-hybridized carbons (Fsp3) is 0.429. The van der Waals surface area contributed by atoms with Crippen molar-refractivity contribution < 1.29 is 24.3 Å². The second-order valence-corrected chi connectivity index (χ2v) is 7.71. The number of aliphatic carboxylic acids is 1. The number of aromatic amines is 1. The van der Waals surface area contributed by atoms with E-state index in [4.69, 9.17) is 10.8 Å². The highest BCUT2D eigenvalue weighted by Gasteiger charge is 2.38. The van der Waals surface area contributed by atoms with E-state index in [2.05, 4.69) is 15.6 Å². The highest BCUT2D eigenvalue weighted by molar-refractivity contribution is 5.94. The zero-order chi connectivity index (χ0) is 22.5. The molecule has 0 spiro atoms. The quantitative estimate of drug-likeness (QED) is 0.389. The van der Waals surface area contributed by atoms with Crippen molar-refractivity contribution in [3.8, 4) is 0 Å². The third-order valence-electron chi connectivity index (χ3n) is 5.38. The van der Waals surface area contributed by atoms with Crippen LogP contribution in [0.2, 0.25) is 0 Å². The zero-order valence-electron chi connectivity index (χ0n) is 17.3. The van der Waals surface area contributed by atoms with Gasteiger partial charge in [0, 0.05) is 30.1 Å². The molecular formula is C21H27N5O5. The molecule has 1 aliphatic heterocycles. The topological polar surface area (TPSA) is 158 Å². The molecule has 31 heavy (non-hydrogen) atoms. The first-order chi connectivity index (χ1) is 14.8. The van der Waals surface area contributed by atoms with E-state index in [1.807, 2.05) is 24.3 Å². The minimum atomic E-state index is -1.16. The number of rotatable bonds is 8. The Balaban J connectivity index is 1.82. The van der Waals surface area contributed by atoms with Gasteiger partial charge in [-0.1, -0.05) is 18.2 Å². The van der Waals surface area contributed by atoms with Gasteiger partial charge in [-0.2, -0.15) is 0 Å². The van der Waals surface area contributed by atoms with Gasteiger partial charge in [-0.25, -0.2) is 0 Å². The maximum absolute atomic E-state index is 13.4. The number of carbonyl (C=O) groups excluding carboxylic acids is 3. The third-order valence-corrected chi connectivity index (χ3v) is 5.38. The Hall–Kier alpha value is -3.40. The summed E-state index contributed by atoms with van der Waals surface area (Å²) in [5.41, 5.74) is 7.45. The molecule has 0 aliphatic carbocycles. The number of carboxylic acid groups (broad SMARTS) is 1. The molecule has 3 amide bonds. The molecule has 1 aromatic heterocycles. The number of nitrogens with one attached hydrogen (secondary N) is 3. The SMILES string of the molecule is CC(N)C(=O)NC(Cc1c[nH]c2ccccc12)C(=O)N1CCCC1C(=O)NCC(=O)O. The van der Waals surface area contributed by atoms with Gasteiger partial charge < -0.3 is 31.4 Å². The molecule has 1 aliphatic rings. The van der Waals surface area contributed by atoms with Crippen LogP contribution in [0.1, 0.15) is 25.3 Å². The molecule has 1 saturated heterocycles. The fourth-order valence-corrected chi connectivity index (χ4v) is 3.81. The summed E-state index contributed by atoms with van der Waals surface area (Å²) in [4.78, 5) is 53.4. The summed E-state index contributed by atoms with van der Waals surface area (Å²) in [5.74, 6) is -2.54. The van der Waals surface area contributed by atoms with E-state index in [-0.39, 0.29) is 6.42 Å². The largest absolute Gasteiger partial charge is 0.480 e. The highest BCUT2D eigenvalue weighted by atomic mass is 16.4. The number of nitrogens with zero attached hydrogens (tertiary/aromatic N) is 1. The molecule has 10 nitrogen and oxygen atoms in total. The second-order valence-electron chi connectivity index (χ2n) is 7.71. The average Bonchev–Trinajstić information content (AvgIpc) is 3.38. The van der Waals surface area contributed by atoms with Crippen molar-refractivity contribution in [2.75, 3.05) is 13.1 Å². The van der Waals surface area contributed by atoms with Gasteiger partial charge in [0.2, 0.25) is 17.7 Å². The molecule has 3 atom stereocenters. The molecule has 3 unspecified atom stereocenters. The number of likely N-dealkylation sites (tertiary alicyclic amines) is 1. The highest BCUT2D eigenvalue weighted by Crippen LogP contribution is 2.22. The lowest BCUT2D eigenvalue weighted by molar-refractivity contribution is -0.142. The van der Waals surface area contributed by atoms with Crippen LogP contribution in [-0.2, 0) is 25.6 Å². The van der Waals surface area contributed by atoms with Gasteiger partial charge in [-0.3, -0.25) is 19.2 Å².